The Morgan fingerprint density at radius 1 is 1.14 bits per heavy atom. The summed E-state index contributed by atoms with van der Waals surface area (Å²) >= 11 is 0. The Labute approximate surface area is 240 Å². The molecule has 0 saturated heterocycles. The topological polar surface area (TPSA) is 131 Å². The van der Waals surface area contributed by atoms with Crippen LogP contribution in [0.25, 0.3) is 11.0 Å². The zero-order valence-corrected chi connectivity index (χ0v) is 22.7. The second-order valence-corrected chi connectivity index (χ2v) is 9.88. The Morgan fingerprint density at radius 3 is 2.79 bits per heavy atom. The summed E-state index contributed by atoms with van der Waals surface area (Å²) in [6.45, 7) is 2.57. The summed E-state index contributed by atoms with van der Waals surface area (Å²) in [5.41, 5.74) is 4.25. The molecule has 0 aliphatic carbocycles. The molecule has 0 unspecified atom stereocenters. The summed E-state index contributed by atoms with van der Waals surface area (Å²) in [5.74, 6) is 0.358. The highest BCUT2D eigenvalue weighted by atomic mass is 19.1. The van der Waals surface area contributed by atoms with Crippen LogP contribution in [0.2, 0.25) is 0 Å². The third-order valence-electron chi connectivity index (χ3n) is 7.11. The van der Waals surface area contributed by atoms with Gasteiger partial charge < -0.3 is 24.0 Å². The number of methoxy groups -OCH3 is 1. The molecule has 5 aromatic rings. The first-order valence-corrected chi connectivity index (χ1v) is 13.2. The Balaban J connectivity index is 1.15. The van der Waals surface area contributed by atoms with Crippen molar-refractivity contribution < 1.29 is 23.8 Å². The number of ether oxygens (including phenoxy) is 2. The maximum atomic E-state index is 14.2. The van der Waals surface area contributed by atoms with Crippen molar-refractivity contribution in [3.05, 3.63) is 100 Å². The Bertz CT molecular complexity index is 1820. The molecule has 12 heteroatoms. The number of rotatable bonds is 10. The summed E-state index contributed by atoms with van der Waals surface area (Å²) in [4.78, 5) is 22.9. The fourth-order valence-corrected chi connectivity index (χ4v) is 5.00. The second-order valence-electron chi connectivity index (χ2n) is 9.88. The Hall–Kier alpha value is -5.28. The van der Waals surface area contributed by atoms with Crippen LogP contribution in [0.4, 0.5) is 10.2 Å². The van der Waals surface area contributed by atoms with E-state index in [-0.39, 0.29) is 17.7 Å². The number of aromatic nitrogens is 5. The van der Waals surface area contributed by atoms with Gasteiger partial charge in [-0.2, -0.15) is 15.3 Å². The lowest BCUT2D eigenvalue weighted by atomic mass is 10.1. The standard InChI is InChI=1S/C30H26FN7O4/c1-41-10-9-38-26-12-20(30(39)40)7-8-24(26)33-28(38)17-37-15-22-14-36(16-25(22)35-37)27-3-2-4-29(34-27)42-18-21-6-5-19(13-32)11-23(21)31/h2-8,11-12,15H,9-10,14,16-18H2,1H3,(H,39,40). The number of halogens is 1. The van der Waals surface area contributed by atoms with Crippen LogP contribution in [0, 0.1) is 17.1 Å². The third-order valence-corrected chi connectivity index (χ3v) is 7.11. The number of carboxylic acids is 1. The van der Waals surface area contributed by atoms with Crippen molar-refractivity contribution in [2.24, 2.45) is 0 Å². The van der Waals surface area contributed by atoms with Gasteiger partial charge in [0.2, 0.25) is 5.88 Å². The first-order valence-electron chi connectivity index (χ1n) is 13.2. The molecule has 2 aromatic carbocycles. The van der Waals surface area contributed by atoms with Crippen molar-refractivity contribution in [3.63, 3.8) is 0 Å². The molecule has 212 valence electrons. The summed E-state index contributed by atoms with van der Waals surface area (Å²) < 4.78 is 29.1. The Morgan fingerprint density at radius 2 is 2.02 bits per heavy atom. The minimum Gasteiger partial charge on any atom is -0.478 e. The second kappa shape index (κ2) is 11.3. The van der Waals surface area contributed by atoms with Gasteiger partial charge in [-0.15, -0.1) is 0 Å². The zero-order chi connectivity index (χ0) is 29.2. The highest BCUT2D eigenvalue weighted by Crippen LogP contribution is 2.28. The van der Waals surface area contributed by atoms with Crippen LogP contribution >= 0.6 is 0 Å². The van der Waals surface area contributed by atoms with Crippen molar-refractivity contribution in [2.75, 3.05) is 18.6 Å². The van der Waals surface area contributed by atoms with Crippen LogP contribution in [0.1, 0.15) is 38.6 Å². The van der Waals surface area contributed by atoms with Gasteiger partial charge in [-0.1, -0.05) is 12.1 Å². The lowest BCUT2D eigenvalue weighted by Gasteiger charge is -2.17. The van der Waals surface area contributed by atoms with E-state index < -0.39 is 11.8 Å². The third kappa shape index (κ3) is 5.37. The fraction of sp³-hybridized carbons (Fsp3) is 0.233. The molecule has 0 saturated carbocycles. The van der Waals surface area contributed by atoms with Gasteiger partial charge >= 0.3 is 5.97 Å². The molecule has 6 rings (SSSR count). The van der Waals surface area contributed by atoms with E-state index in [9.17, 15) is 14.3 Å². The molecule has 3 aromatic heterocycles. The number of pyridine rings is 1. The molecule has 1 N–H and O–H groups in total. The SMILES string of the molecule is COCCn1c(Cn2cc3c(n2)CN(c2cccc(OCc4ccc(C#N)cc4F)n2)C3)nc2ccc(C(=O)O)cc21. The predicted octanol–water partition coefficient (Wildman–Crippen LogP) is 4.13. The van der Waals surface area contributed by atoms with Gasteiger partial charge in [0.25, 0.3) is 0 Å². The summed E-state index contributed by atoms with van der Waals surface area (Å²) in [5, 5.41) is 23.2. The zero-order valence-electron chi connectivity index (χ0n) is 22.7. The molecule has 0 spiro atoms. The van der Waals surface area contributed by atoms with Crippen LogP contribution in [-0.2, 0) is 37.5 Å². The van der Waals surface area contributed by atoms with Gasteiger partial charge in [-0.25, -0.2) is 14.2 Å². The predicted molar refractivity (Wildman–Crippen MR) is 149 cm³/mol. The quantitative estimate of drug-likeness (QED) is 0.265. The van der Waals surface area contributed by atoms with Crippen LogP contribution in [0.5, 0.6) is 5.88 Å². The highest BCUT2D eigenvalue weighted by molar-refractivity contribution is 5.92. The summed E-state index contributed by atoms with van der Waals surface area (Å²) in [6, 6.07) is 16.5. The van der Waals surface area contributed by atoms with Crippen LogP contribution in [0.3, 0.4) is 0 Å². The molecule has 1 aliphatic heterocycles. The molecule has 0 fully saturated rings. The number of carbonyl (C=O) groups is 1. The number of fused-ring (bicyclic) bond motifs is 2. The molecule has 11 nitrogen and oxygen atoms in total. The first-order chi connectivity index (χ1) is 20.4. The molecular weight excluding hydrogens is 541 g/mol. The first kappa shape index (κ1) is 26.9. The van der Waals surface area contributed by atoms with Crippen LogP contribution in [-0.4, -0.2) is 49.1 Å². The van der Waals surface area contributed by atoms with Crippen molar-refractivity contribution in [2.45, 2.75) is 32.8 Å². The van der Waals surface area contributed by atoms with Gasteiger partial charge in [0, 0.05) is 43.6 Å². The van der Waals surface area contributed by atoms with Crippen molar-refractivity contribution in [1.82, 2.24) is 24.3 Å². The molecule has 42 heavy (non-hydrogen) atoms. The minimum atomic E-state index is -0.988. The normalized spacial score (nSPS) is 12.5. The maximum Gasteiger partial charge on any atom is 0.335 e. The highest BCUT2D eigenvalue weighted by Gasteiger charge is 2.25. The van der Waals surface area contributed by atoms with E-state index in [0.29, 0.717) is 55.6 Å². The monoisotopic (exact) mass is 567 g/mol. The number of nitrogens with zero attached hydrogens (tertiary/aromatic N) is 7. The minimum absolute atomic E-state index is 0.00636. The van der Waals surface area contributed by atoms with Crippen LogP contribution < -0.4 is 9.64 Å². The van der Waals surface area contributed by atoms with E-state index in [0.717, 1.165) is 22.6 Å². The molecular formula is C30H26FN7O4. The van der Waals surface area contributed by atoms with E-state index in [1.54, 1.807) is 37.4 Å². The van der Waals surface area contributed by atoms with Gasteiger partial charge in [0.15, 0.2) is 0 Å². The summed E-state index contributed by atoms with van der Waals surface area (Å²) in [7, 11) is 1.62. The average molecular weight is 568 g/mol. The number of nitriles is 1. The molecule has 0 bridgehead atoms. The molecule has 4 heterocycles. The number of carboxylic acid groups (broad SMARTS) is 1. The lowest BCUT2D eigenvalue weighted by Crippen LogP contribution is -2.18. The van der Waals surface area contributed by atoms with E-state index in [4.69, 9.17) is 24.8 Å². The van der Waals surface area contributed by atoms with Crippen molar-refractivity contribution >= 4 is 22.8 Å². The van der Waals surface area contributed by atoms with E-state index in [2.05, 4.69) is 9.88 Å². The maximum absolute atomic E-state index is 14.2. The summed E-state index contributed by atoms with van der Waals surface area (Å²) in [6.07, 6.45) is 1.99. The van der Waals surface area contributed by atoms with E-state index in [1.807, 2.05) is 33.6 Å². The van der Waals surface area contributed by atoms with Crippen LogP contribution in [0.15, 0.2) is 60.8 Å². The fourth-order valence-electron chi connectivity index (χ4n) is 5.00. The van der Waals surface area contributed by atoms with Gasteiger partial charge in [-0.05, 0) is 36.4 Å². The number of hydrogen-bond acceptors (Lipinski definition) is 8. The molecule has 0 radical (unpaired) electrons. The average Bonchev–Trinajstić information content (AvgIpc) is 3.66. The molecule has 1 aliphatic rings. The largest absolute Gasteiger partial charge is 0.478 e. The Kier molecular flexibility index (Phi) is 7.24. The van der Waals surface area contributed by atoms with Gasteiger partial charge in [0.1, 0.15) is 24.1 Å². The lowest BCUT2D eigenvalue weighted by molar-refractivity contribution is 0.0697. The number of imidazole rings is 1. The number of benzene rings is 2. The van der Waals surface area contributed by atoms with E-state index >= 15 is 0 Å². The smallest absolute Gasteiger partial charge is 0.335 e. The van der Waals surface area contributed by atoms with Gasteiger partial charge in [0.05, 0.1) is 53.6 Å². The molecule has 0 atom stereocenters. The van der Waals surface area contributed by atoms with Crippen molar-refractivity contribution in [1.29, 1.82) is 5.26 Å². The number of anilines is 1. The van der Waals surface area contributed by atoms with Gasteiger partial charge in [-0.3, -0.25) is 4.68 Å². The number of aromatic carboxylic acids is 1. The van der Waals surface area contributed by atoms with Crippen molar-refractivity contribution in [3.8, 4) is 11.9 Å². The molecule has 0 amide bonds. The number of hydrogen-bond donors (Lipinski definition) is 1. The van der Waals surface area contributed by atoms with E-state index in [1.165, 1.54) is 12.1 Å².